The second-order valence-corrected chi connectivity index (χ2v) is 96.0. The summed E-state index contributed by atoms with van der Waals surface area (Å²) in [7, 11) is -48.3. The molecule has 476 valence electrons. The number of hydrogen-bond donors (Lipinski definition) is 2. The fraction of sp³-hybridized carbons (Fsp3) is 1.00. The van der Waals surface area contributed by atoms with E-state index < -0.39 is 154 Å². The SMILES string of the molecule is C[Si](C)(CCCO)O[Si](C)(C)O[Si](C)(C)O[Si](C)(C)O[Si](C)(C)O[Si](C)(C)O[Si](C)(C)O[Si](C)(C)O[Si](C)(C)O[Si](C)(C)O[Si](C)(C)O[Si](C)(C)O[Si](C)(C)O[Si](C)(C)O[Si](C)(C)O[Si](C)(C)O[Si](C)(C)O[Si](C)(C)CCCO. The molecule has 0 aromatic carbocycles. The maximum Gasteiger partial charge on any atom is 0.314 e. The summed E-state index contributed by atoms with van der Waals surface area (Å²) in [6, 6.07) is 1.75. The number of aliphatic hydroxyl groups is 2. The van der Waals surface area contributed by atoms with Crippen LogP contribution in [0.2, 0.25) is 248 Å². The molecule has 0 bridgehead atoms. The maximum absolute atomic E-state index is 9.41. The van der Waals surface area contributed by atoms with Gasteiger partial charge in [-0.3, -0.25) is 0 Å². The molecular weight excluding hydrogens is 1310 g/mol. The summed E-state index contributed by atoms with van der Waals surface area (Å²) < 4.78 is 116. The Kier molecular flexibility index (Phi) is 30.1. The number of hydrogen-bond acceptors (Lipinski definition) is 19. The normalized spacial score (nSPS) is 15.9. The zero-order chi connectivity index (χ0) is 63.3. The molecule has 0 radical (unpaired) electrons. The van der Waals surface area contributed by atoms with E-state index >= 15 is 0 Å². The molecule has 37 heteroatoms. The zero-order valence-corrected chi connectivity index (χ0v) is 75.1. The third-order valence-electron chi connectivity index (χ3n) is 10.3. The molecular formula is C42H122O19Si18. The lowest BCUT2D eigenvalue weighted by Crippen LogP contribution is -2.63. The van der Waals surface area contributed by atoms with Crippen molar-refractivity contribution in [1.82, 2.24) is 0 Å². The monoisotopic (exact) mass is 1430 g/mol. The molecule has 0 rings (SSSR count). The van der Waals surface area contributed by atoms with Crippen molar-refractivity contribution >= 4 is 154 Å². The Balaban J connectivity index is 5.78. The Labute approximate surface area is 503 Å². The van der Waals surface area contributed by atoms with Crippen LogP contribution in [-0.2, 0) is 70.0 Å². The highest BCUT2D eigenvalue weighted by Gasteiger charge is 2.54. The molecule has 0 aliphatic heterocycles. The first-order valence-corrected chi connectivity index (χ1v) is 79.6. The van der Waals surface area contributed by atoms with E-state index in [2.05, 4.69) is 236 Å². The van der Waals surface area contributed by atoms with Crippen molar-refractivity contribution in [1.29, 1.82) is 0 Å². The highest BCUT2D eigenvalue weighted by atomic mass is 28.5. The van der Waals surface area contributed by atoms with Crippen LogP contribution in [0.5, 0.6) is 0 Å². The highest BCUT2D eigenvalue weighted by molar-refractivity contribution is 6.96. The average Bonchev–Trinajstić information content (AvgIpc) is 2.99. The first kappa shape index (κ1) is 82.1. The number of aliphatic hydroxyl groups excluding tert-OH is 2. The van der Waals surface area contributed by atoms with Crippen LogP contribution in [0.4, 0.5) is 0 Å². The minimum Gasteiger partial charge on any atom is -0.436 e. The van der Waals surface area contributed by atoms with Crippen molar-refractivity contribution in [2.75, 3.05) is 13.2 Å². The molecule has 0 aliphatic carbocycles. The Bertz CT molecular complexity index is 1760. The number of rotatable bonds is 40. The fourth-order valence-corrected chi connectivity index (χ4v) is 105. The van der Waals surface area contributed by atoms with Gasteiger partial charge >= 0.3 is 137 Å². The van der Waals surface area contributed by atoms with Crippen LogP contribution in [0.25, 0.3) is 0 Å². The smallest absolute Gasteiger partial charge is 0.314 e. The Morgan fingerprint density at radius 3 is 0.342 bits per heavy atom. The largest absolute Gasteiger partial charge is 0.436 e. The van der Waals surface area contributed by atoms with Crippen molar-refractivity contribution in [3.05, 3.63) is 0 Å². The van der Waals surface area contributed by atoms with Gasteiger partial charge in [-0.25, -0.2) is 0 Å². The van der Waals surface area contributed by atoms with E-state index in [1.54, 1.807) is 0 Å². The molecule has 0 atom stereocenters. The first-order chi connectivity index (χ1) is 34.1. The van der Waals surface area contributed by atoms with E-state index in [-0.39, 0.29) is 13.2 Å². The van der Waals surface area contributed by atoms with Crippen LogP contribution in [-0.4, -0.2) is 177 Å². The van der Waals surface area contributed by atoms with Gasteiger partial charge in [0, 0.05) is 13.2 Å². The fourth-order valence-electron chi connectivity index (χ4n) is 11.7. The van der Waals surface area contributed by atoms with E-state index in [1.807, 2.05) is 0 Å². The van der Waals surface area contributed by atoms with Gasteiger partial charge in [-0.15, -0.1) is 0 Å². The second-order valence-electron chi connectivity index (χ2n) is 29.3. The van der Waals surface area contributed by atoms with E-state index in [4.69, 9.17) is 70.0 Å². The van der Waals surface area contributed by atoms with Gasteiger partial charge in [-0.1, -0.05) is 0 Å². The van der Waals surface area contributed by atoms with Gasteiger partial charge in [0.15, 0.2) is 16.6 Å². The van der Waals surface area contributed by atoms with Crippen molar-refractivity contribution in [3.8, 4) is 0 Å². The molecule has 0 unspecified atom stereocenters. The van der Waals surface area contributed by atoms with Crippen molar-refractivity contribution < 1.29 is 80.2 Å². The third kappa shape index (κ3) is 38.3. The maximum atomic E-state index is 9.41. The van der Waals surface area contributed by atoms with Crippen molar-refractivity contribution in [2.24, 2.45) is 0 Å². The van der Waals surface area contributed by atoms with Crippen LogP contribution >= 0.6 is 0 Å². The molecule has 0 saturated carbocycles. The van der Waals surface area contributed by atoms with Gasteiger partial charge in [-0.05, 0) is 261 Å². The summed E-state index contributed by atoms with van der Waals surface area (Å²) in [6.07, 6.45) is 1.46. The molecule has 0 aromatic heterocycles. The first-order valence-electron chi connectivity index (χ1n) is 28.3. The lowest BCUT2D eigenvalue weighted by atomic mass is 10.5. The second kappa shape index (κ2) is 29.0. The van der Waals surface area contributed by atoms with Gasteiger partial charge in [0.2, 0.25) is 0 Å². The summed E-state index contributed by atoms with van der Waals surface area (Å²) in [6.45, 7) is 74.9. The zero-order valence-electron chi connectivity index (χ0n) is 57.1. The summed E-state index contributed by atoms with van der Waals surface area (Å²) in [4.78, 5) is 0. The Morgan fingerprint density at radius 2 is 0.253 bits per heavy atom. The predicted octanol–water partition coefficient (Wildman–Crippen LogP) is 13.7. The lowest BCUT2D eigenvalue weighted by molar-refractivity contribution is 0.250. The third-order valence-corrected chi connectivity index (χ3v) is 80.8. The van der Waals surface area contributed by atoms with Crippen LogP contribution in [0.15, 0.2) is 0 Å². The quantitative estimate of drug-likeness (QED) is 0.0549. The minimum absolute atomic E-state index is 0.163. The summed E-state index contributed by atoms with van der Waals surface area (Å²) in [5, 5.41) is 18.8. The van der Waals surface area contributed by atoms with Gasteiger partial charge in [0.05, 0.1) is 0 Å². The van der Waals surface area contributed by atoms with Crippen LogP contribution in [0, 0.1) is 0 Å². The molecule has 0 spiro atoms. The van der Waals surface area contributed by atoms with Gasteiger partial charge in [0.25, 0.3) is 0 Å². The van der Waals surface area contributed by atoms with Gasteiger partial charge < -0.3 is 80.2 Å². The van der Waals surface area contributed by atoms with E-state index in [0.717, 1.165) is 24.9 Å². The molecule has 0 fully saturated rings. The minimum atomic E-state index is -2.86. The van der Waals surface area contributed by atoms with Gasteiger partial charge in [-0.2, -0.15) is 0 Å². The van der Waals surface area contributed by atoms with E-state index in [9.17, 15) is 10.2 Å². The molecule has 0 amide bonds. The molecule has 0 saturated heterocycles. The predicted molar refractivity (Wildman–Crippen MR) is 366 cm³/mol. The van der Waals surface area contributed by atoms with Gasteiger partial charge in [0.1, 0.15) is 0 Å². The topological polar surface area (TPSA) is 197 Å². The lowest BCUT2D eigenvalue weighted by Gasteiger charge is -2.45. The molecule has 19 nitrogen and oxygen atoms in total. The van der Waals surface area contributed by atoms with E-state index in [1.165, 1.54) is 0 Å². The Morgan fingerprint density at radius 1 is 0.165 bits per heavy atom. The van der Waals surface area contributed by atoms with Crippen LogP contribution in [0.3, 0.4) is 0 Å². The molecule has 2 N–H and O–H groups in total. The standard InChI is InChI=1S/C42H122O19Si18/c1-62(2,41-37-39-43)45-64(5,6)47-66(9,10)49-68(13,14)51-70(17,18)53-72(21,22)55-74(25,26)57-76(29,30)59-78(33,34)61-79(35,36)60-77(31,32)58-75(27,28)56-73(23,24)54-71(19,20)52-69(15,16)50-67(11,12)48-65(7,8)46-63(3,4)42-38-40-44/h43-44H,37-42H2,1-36H3. The molecule has 0 aromatic rings. The summed E-state index contributed by atoms with van der Waals surface area (Å²) in [5.74, 6) is 0. The van der Waals surface area contributed by atoms with Crippen LogP contribution in [0.1, 0.15) is 12.8 Å². The van der Waals surface area contributed by atoms with Crippen LogP contribution < -0.4 is 0 Å². The highest BCUT2D eigenvalue weighted by Crippen LogP contribution is 2.34. The molecule has 79 heavy (non-hydrogen) atoms. The summed E-state index contributed by atoms with van der Waals surface area (Å²) in [5.41, 5.74) is 0. The summed E-state index contributed by atoms with van der Waals surface area (Å²) >= 11 is 0. The Hall–Kier alpha value is 3.14. The molecule has 0 aliphatic rings. The average molecular weight is 1440 g/mol. The molecule has 0 heterocycles. The van der Waals surface area contributed by atoms with Crippen molar-refractivity contribution in [3.63, 3.8) is 0 Å². The van der Waals surface area contributed by atoms with E-state index in [0.29, 0.717) is 0 Å². The van der Waals surface area contributed by atoms with Crippen molar-refractivity contribution in [2.45, 2.75) is 261 Å².